The molecule has 164 valence electrons. The van der Waals surface area contributed by atoms with Crippen molar-refractivity contribution in [2.75, 3.05) is 25.2 Å². The van der Waals surface area contributed by atoms with Gasteiger partial charge in [0.25, 0.3) is 0 Å². The molecule has 0 N–H and O–H groups in total. The van der Waals surface area contributed by atoms with Crippen LogP contribution in [0.1, 0.15) is 29.3 Å². The van der Waals surface area contributed by atoms with E-state index in [1.54, 1.807) is 19.2 Å². The monoisotopic (exact) mass is 430 g/mol. The Hall–Kier alpha value is -3.25. The van der Waals surface area contributed by atoms with E-state index in [2.05, 4.69) is 6.08 Å². The number of amides is 2. The molecule has 0 bridgehead atoms. The van der Waals surface area contributed by atoms with Crippen LogP contribution in [0.3, 0.4) is 0 Å². The summed E-state index contributed by atoms with van der Waals surface area (Å²) in [6.45, 7) is 2.81. The van der Waals surface area contributed by atoms with E-state index in [0.717, 1.165) is 16.8 Å². The van der Waals surface area contributed by atoms with E-state index in [4.69, 9.17) is 4.74 Å². The van der Waals surface area contributed by atoms with Gasteiger partial charge in [-0.3, -0.25) is 19.3 Å². The number of anilines is 1. The van der Waals surface area contributed by atoms with Crippen LogP contribution < -0.4 is 4.90 Å². The number of ether oxygens (including phenoxy) is 1. The number of benzene rings is 2. The van der Waals surface area contributed by atoms with Crippen LogP contribution in [0.15, 0.2) is 60.7 Å². The zero-order chi connectivity index (χ0) is 22.4. The third-order valence-corrected chi connectivity index (χ3v) is 6.90. The number of rotatable bonds is 6. The SMILES string of the molecule is COCCCN1C(=O)[C@@H]2[C@H](C1=O)[C@H](C(=O)c1ccccc1)N1c3ccccc3C(C)=C[C@@H]21. The summed E-state index contributed by atoms with van der Waals surface area (Å²) in [6, 6.07) is 15.9. The smallest absolute Gasteiger partial charge is 0.235 e. The van der Waals surface area contributed by atoms with Crippen molar-refractivity contribution in [3.63, 3.8) is 0 Å². The minimum Gasteiger partial charge on any atom is -0.385 e. The zero-order valence-electron chi connectivity index (χ0n) is 18.2. The number of methoxy groups -OCH3 is 1. The summed E-state index contributed by atoms with van der Waals surface area (Å²) < 4.78 is 5.10. The first-order chi connectivity index (χ1) is 15.5. The highest BCUT2D eigenvalue weighted by Gasteiger charge is 2.64. The van der Waals surface area contributed by atoms with Gasteiger partial charge in [-0.1, -0.05) is 54.6 Å². The molecule has 2 aromatic rings. The third kappa shape index (κ3) is 3.01. The standard InChI is InChI=1S/C26H26N2O4/c1-16-15-20-21-22(26(31)27(25(21)30)13-8-14-32-2)23(24(29)17-9-4-3-5-10-17)28(20)19-12-7-6-11-18(16)19/h3-7,9-12,15,20-23H,8,13-14H2,1-2H3/t20-,21-,22-,23+/m0/s1. The number of hydrogen-bond acceptors (Lipinski definition) is 5. The Bertz CT molecular complexity index is 1110. The van der Waals surface area contributed by atoms with Crippen molar-refractivity contribution in [2.45, 2.75) is 25.4 Å². The highest BCUT2D eigenvalue weighted by molar-refractivity contribution is 6.14. The van der Waals surface area contributed by atoms with Gasteiger partial charge in [-0.15, -0.1) is 0 Å². The summed E-state index contributed by atoms with van der Waals surface area (Å²) in [5, 5.41) is 0. The van der Waals surface area contributed by atoms with Gasteiger partial charge < -0.3 is 9.64 Å². The number of carbonyl (C=O) groups excluding carboxylic acids is 3. The van der Waals surface area contributed by atoms with Crippen LogP contribution >= 0.6 is 0 Å². The number of fused-ring (bicyclic) bond motifs is 5. The summed E-state index contributed by atoms with van der Waals surface area (Å²) >= 11 is 0. The van der Waals surface area contributed by atoms with Crippen molar-refractivity contribution in [3.05, 3.63) is 71.8 Å². The molecule has 2 aromatic carbocycles. The molecule has 4 atom stereocenters. The van der Waals surface area contributed by atoms with E-state index in [-0.39, 0.29) is 23.6 Å². The van der Waals surface area contributed by atoms with Gasteiger partial charge in [0.1, 0.15) is 6.04 Å². The minimum absolute atomic E-state index is 0.120. The van der Waals surface area contributed by atoms with E-state index in [1.165, 1.54) is 4.90 Å². The van der Waals surface area contributed by atoms with Gasteiger partial charge in [0.15, 0.2) is 5.78 Å². The lowest BCUT2D eigenvalue weighted by atomic mass is 9.85. The zero-order valence-corrected chi connectivity index (χ0v) is 18.2. The molecule has 6 heteroatoms. The van der Waals surface area contributed by atoms with E-state index in [9.17, 15) is 14.4 Å². The Balaban J connectivity index is 1.61. The largest absolute Gasteiger partial charge is 0.385 e. The number of likely N-dealkylation sites (tertiary alicyclic amines) is 1. The predicted octanol–water partition coefficient (Wildman–Crippen LogP) is 3.18. The Morgan fingerprint density at radius 1 is 0.969 bits per heavy atom. The lowest BCUT2D eigenvalue weighted by Crippen LogP contribution is -2.49. The van der Waals surface area contributed by atoms with Crippen LogP contribution in [0.4, 0.5) is 5.69 Å². The number of imide groups is 1. The molecule has 3 heterocycles. The lowest BCUT2D eigenvalue weighted by molar-refractivity contribution is -0.140. The summed E-state index contributed by atoms with van der Waals surface area (Å²) in [6.07, 6.45) is 2.64. The van der Waals surface area contributed by atoms with Gasteiger partial charge in [-0.05, 0) is 25.0 Å². The molecule has 3 aliphatic heterocycles. The van der Waals surface area contributed by atoms with Crippen LogP contribution in [0.5, 0.6) is 0 Å². The quantitative estimate of drug-likeness (QED) is 0.400. The fourth-order valence-corrected chi connectivity index (χ4v) is 5.52. The fourth-order valence-electron chi connectivity index (χ4n) is 5.52. The summed E-state index contributed by atoms with van der Waals surface area (Å²) in [5.41, 5.74) is 3.56. The summed E-state index contributed by atoms with van der Waals surface area (Å²) in [7, 11) is 1.60. The molecule has 0 saturated carbocycles. The topological polar surface area (TPSA) is 66.9 Å². The van der Waals surface area contributed by atoms with E-state index in [1.807, 2.05) is 54.3 Å². The van der Waals surface area contributed by atoms with Crippen LogP contribution in [-0.2, 0) is 14.3 Å². The molecule has 0 radical (unpaired) electrons. The van der Waals surface area contributed by atoms with Crippen LogP contribution in [0.2, 0.25) is 0 Å². The first-order valence-corrected chi connectivity index (χ1v) is 11.0. The van der Waals surface area contributed by atoms with Crippen molar-refractivity contribution >= 4 is 28.9 Å². The average Bonchev–Trinajstić information content (AvgIpc) is 3.28. The van der Waals surface area contributed by atoms with Gasteiger partial charge in [0.2, 0.25) is 11.8 Å². The molecule has 2 saturated heterocycles. The van der Waals surface area contributed by atoms with Gasteiger partial charge in [-0.2, -0.15) is 0 Å². The normalized spacial score (nSPS) is 26.0. The third-order valence-electron chi connectivity index (χ3n) is 6.90. The van der Waals surface area contributed by atoms with Crippen LogP contribution in [0, 0.1) is 11.8 Å². The number of ketones is 1. The van der Waals surface area contributed by atoms with Crippen molar-refractivity contribution in [1.82, 2.24) is 4.90 Å². The fraction of sp³-hybridized carbons (Fsp3) is 0.346. The maximum atomic E-state index is 13.8. The minimum atomic E-state index is -0.721. The van der Waals surface area contributed by atoms with Gasteiger partial charge >= 0.3 is 0 Å². The van der Waals surface area contributed by atoms with E-state index in [0.29, 0.717) is 25.1 Å². The first-order valence-electron chi connectivity index (χ1n) is 11.0. The first kappa shape index (κ1) is 20.6. The van der Waals surface area contributed by atoms with Gasteiger partial charge in [0, 0.05) is 37.1 Å². The number of nitrogens with zero attached hydrogens (tertiary/aromatic N) is 2. The highest BCUT2D eigenvalue weighted by Crippen LogP contribution is 2.50. The maximum Gasteiger partial charge on any atom is 0.235 e. The molecule has 0 aliphatic carbocycles. The molecule has 3 aliphatic rings. The summed E-state index contributed by atoms with van der Waals surface area (Å²) in [5.74, 6) is -1.81. The Morgan fingerprint density at radius 3 is 2.41 bits per heavy atom. The molecule has 0 aromatic heterocycles. The Kier molecular flexibility index (Phi) is 5.18. The second kappa shape index (κ2) is 8.02. The van der Waals surface area contributed by atoms with Crippen LogP contribution in [0.25, 0.3) is 5.57 Å². The average molecular weight is 431 g/mol. The Morgan fingerprint density at radius 2 is 1.66 bits per heavy atom. The highest BCUT2D eigenvalue weighted by atomic mass is 16.5. The molecule has 32 heavy (non-hydrogen) atoms. The molecular formula is C26H26N2O4. The number of allylic oxidation sites excluding steroid dienone is 1. The molecule has 2 amide bonds. The van der Waals surface area contributed by atoms with Crippen LogP contribution in [-0.4, -0.2) is 54.8 Å². The second-order valence-corrected chi connectivity index (χ2v) is 8.67. The number of para-hydroxylation sites is 1. The molecule has 0 unspecified atom stereocenters. The molecule has 0 spiro atoms. The van der Waals surface area contributed by atoms with Crippen molar-refractivity contribution < 1.29 is 19.1 Å². The van der Waals surface area contributed by atoms with E-state index >= 15 is 0 Å². The molecule has 2 fully saturated rings. The maximum absolute atomic E-state index is 13.8. The number of Topliss-reactive ketones (excluding diaryl/α,β-unsaturated/α-hetero) is 1. The molecule has 6 nitrogen and oxygen atoms in total. The second-order valence-electron chi connectivity index (χ2n) is 8.67. The van der Waals surface area contributed by atoms with Gasteiger partial charge in [0.05, 0.1) is 17.9 Å². The van der Waals surface area contributed by atoms with Crippen molar-refractivity contribution in [3.8, 4) is 0 Å². The van der Waals surface area contributed by atoms with E-state index < -0.39 is 17.9 Å². The van der Waals surface area contributed by atoms with Crippen molar-refractivity contribution in [2.24, 2.45) is 11.8 Å². The predicted molar refractivity (Wildman–Crippen MR) is 121 cm³/mol. The summed E-state index contributed by atoms with van der Waals surface area (Å²) in [4.78, 5) is 44.2. The Labute approximate surface area is 187 Å². The number of hydrogen-bond donors (Lipinski definition) is 0. The van der Waals surface area contributed by atoms with Crippen molar-refractivity contribution in [1.29, 1.82) is 0 Å². The lowest BCUT2D eigenvalue weighted by Gasteiger charge is -2.38. The molecule has 5 rings (SSSR count). The molecular weight excluding hydrogens is 404 g/mol. The number of carbonyl (C=O) groups is 3. The van der Waals surface area contributed by atoms with Gasteiger partial charge in [-0.25, -0.2) is 0 Å².